The van der Waals surface area contributed by atoms with Crippen molar-refractivity contribution in [2.24, 2.45) is 5.92 Å². The predicted molar refractivity (Wildman–Crippen MR) is 52.8 cm³/mol. The molecule has 0 aliphatic carbocycles. The molecule has 1 unspecified atom stereocenters. The molecule has 0 aromatic heterocycles. The van der Waals surface area contributed by atoms with Crippen molar-refractivity contribution >= 4 is 11.9 Å². The molecule has 5 nitrogen and oxygen atoms in total. The van der Waals surface area contributed by atoms with E-state index in [1.54, 1.807) is 4.90 Å². The summed E-state index contributed by atoms with van der Waals surface area (Å²) in [5, 5.41) is 11.9. The minimum atomic E-state index is -0.923. The molecule has 1 fully saturated rings. The smallest absolute Gasteiger partial charge is 0.304 e. The number of hydrogen-bond acceptors (Lipinski definition) is 3. The fourth-order valence-corrected chi connectivity index (χ4v) is 2.18. The van der Waals surface area contributed by atoms with E-state index >= 15 is 0 Å². The monoisotopic (exact) mass is 210 g/mol. The van der Waals surface area contributed by atoms with E-state index in [0.29, 0.717) is 6.54 Å². The number of aliphatic carboxylic acids is 1. The van der Waals surface area contributed by atoms with Crippen molar-refractivity contribution in [2.45, 2.75) is 19.8 Å². The molecule has 2 rings (SSSR count). The Morgan fingerprint density at radius 2 is 2.40 bits per heavy atom. The molecule has 1 atom stereocenters. The lowest BCUT2D eigenvalue weighted by Gasteiger charge is -2.27. The van der Waals surface area contributed by atoms with Crippen LogP contribution in [0.15, 0.2) is 11.4 Å². The molecule has 2 heterocycles. The summed E-state index contributed by atoms with van der Waals surface area (Å²) in [7, 11) is 0. The van der Waals surface area contributed by atoms with Gasteiger partial charge in [-0.15, -0.1) is 0 Å². The number of carbonyl (C=O) groups is 2. The second kappa shape index (κ2) is 3.56. The zero-order valence-electron chi connectivity index (χ0n) is 8.62. The van der Waals surface area contributed by atoms with E-state index in [4.69, 9.17) is 5.11 Å². The number of nitrogens with zero attached hydrogens (tertiary/aromatic N) is 1. The Kier molecular flexibility index (Phi) is 2.38. The Hall–Kier alpha value is -1.52. The van der Waals surface area contributed by atoms with Crippen molar-refractivity contribution in [3.8, 4) is 0 Å². The SMILES string of the molecule is CC1=C2NCCCN2C(=O)C1CC(=O)O. The Labute approximate surface area is 87.7 Å². The molecule has 2 aliphatic heterocycles. The Morgan fingerprint density at radius 3 is 3.00 bits per heavy atom. The number of rotatable bonds is 2. The van der Waals surface area contributed by atoms with Gasteiger partial charge in [0.1, 0.15) is 5.82 Å². The second-order valence-corrected chi connectivity index (χ2v) is 3.95. The normalized spacial score (nSPS) is 25.3. The maximum Gasteiger partial charge on any atom is 0.304 e. The van der Waals surface area contributed by atoms with E-state index < -0.39 is 11.9 Å². The van der Waals surface area contributed by atoms with Crippen molar-refractivity contribution in [3.63, 3.8) is 0 Å². The quantitative estimate of drug-likeness (QED) is 0.680. The van der Waals surface area contributed by atoms with Crippen molar-refractivity contribution in [2.75, 3.05) is 13.1 Å². The molecule has 0 spiro atoms. The summed E-state index contributed by atoms with van der Waals surface area (Å²) >= 11 is 0. The lowest BCUT2D eigenvalue weighted by atomic mass is 9.99. The van der Waals surface area contributed by atoms with Crippen LogP contribution >= 0.6 is 0 Å². The van der Waals surface area contributed by atoms with Gasteiger partial charge in [-0.2, -0.15) is 0 Å². The molecule has 0 bridgehead atoms. The fourth-order valence-electron chi connectivity index (χ4n) is 2.18. The molecule has 0 saturated carbocycles. The number of nitrogens with one attached hydrogen (secondary N) is 1. The van der Waals surface area contributed by atoms with Crippen LogP contribution in [0.5, 0.6) is 0 Å². The highest BCUT2D eigenvalue weighted by Gasteiger charge is 2.39. The Morgan fingerprint density at radius 1 is 1.67 bits per heavy atom. The Balaban J connectivity index is 2.24. The first-order valence-corrected chi connectivity index (χ1v) is 5.09. The maximum atomic E-state index is 11.9. The van der Waals surface area contributed by atoms with Gasteiger partial charge in [0.2, 0.25) is 5.91 Å². The highest BCUT2D eigenvalue weighted by atomic mass is 16.4. The summed E-state index contributed by atoms with van der Waals surface area (Å²) in [6, 6.07) is 0. The van der Waals surface area contributed by atoms with Crippen molar-refractivity contribution < 1.29 is 14.7 Å². The summed E-state index contributed by atoms with van der Waals surface area (Å²) in [6.45, 7) is 3.39. The van der Waals surface area contributed by atoms with Gasteiger partial charge in [0, 0.05) is 13.1 Å². The van der Waals surface area contributed by atoms with E-state index in [9.17, 15) is 9.59 Å². The second-order valence-electron chi connectivity index (χ2n) is 3.95. The molecule has 0 radical (unpaired) electrons. The topological polar surface area (TPSA) is 69.6 Å². The van der Waals surface area contributed by atoms with Crippen LogP contribution in [-0.4, -0.2) is 35.0 Å². The van der Waals surface area contributed by atoms with Gasteiger partial charge >= 0.3 is 5.97 Å². The minimum Gasteiger partial charge on any atom is -0.481 e. The van der Waals surface area contributed by atoms with Gasteiger partial charge in [0.25, 0.3) is 0 Å². The third-order valence-corrected chi connectivity index (χ3v) is 2.96. The van der Waals surface area contributed by atoms with Crippen molar-refractivity contribution in [3.05, 3.63) is 11.4 Å². The lowest BCUT2D eigenvalue weighted by Crippen LogP contribution is -2.40. The number of hydrogen-bond donors (Lipinski definition) is 2. The van der Waals surface area contributed by atoms with Gasteiger partial charge in [0.15, 0.2) is 0 Å². The van der Waals surface area contributed by atoms with E-state index in [2.05, 4.69) is 5.32 Å². The van der Waals surface area contributed by atoms with Crippen LogP contribution in [-0.2, 0) is 9.59 Å². The standard InChI is InChI=1S/C10H14N2O3/c1-6-7(5-8(13)14)10(15)12-4-2-3-11-9(6)12/h7,11H,2-5H2,1H3,(H,13,14). The van der Waals surface area contributed by atoms with Gasteiger partial charge in [-0.05, 0) is 18.9 Å². The van der Waals surface area contributed by atoms with Gasteiger partial charge in [-0.1, -0.05) is 0 Å². The Bertz CT molecular complexity index is 349. The van der Waals surface area contributed by atoms with Crippen LogP contribution in [0.2, 0.25) is 0 Å². The van der Waals surface area contributed by atoms with Crippen LogP contribution in [0.1, 0.15) is 19.8 Å². The fraction of sp³-hybridized carbons (Fsp3) is 0.600. The molecule has 2 aliphatic rings. The van der Waals surface area contributed by atoms with Gasteiger partial charge in [-0.3, -0.25) is 14.5 Å². The average Bonchev–Trinajstić information content (AvgIpc) is 2.44. The predicted octanol–water partition coefficient (Wildman–Crippen LogP) is 0.144. The van der Waals surface area contributed by atoms with Crippen LogP contribution in [0, 0.1) is 5.92 Å². The third kappa shape index (κ3) is 1.58. The number of amides is 1. The zero-order valence-corrected chi connectivity index (χ0v) is 8.62. The maximum absolute atomic E-state index is 11.9. The third-order valence-electron chi connectivity index (χ3n) is 2.96. The highest BCUT2D eigenvalue weighted by molar-refractivity contribution is 5.90. The van der Waals surface area contributed by atoms with Gasteiger partial charge in [-0.25, -0.2) is 0 Å². The average molecular weight is 210 g/mol. The summed E-state index contributed by atoms with van der Waals surface area (Å²) in [5.74, 6) is -0.633. The van der Waals surface area contributed by atoms with Crippen LogP contribution < -0.4 is 5.32 Å². The minimum absolute atomic E-state index is 0.0721. The summed E-state index contributed by atoms with van der Waals surface area (Å²) in [4.78, 5) is 24.2. The molecule has 2 N–H and O–H groups in total. The first-order valence-electron chi connectivity index (χ1n) is 5.09. The van der Waals surface area contributed by atoms with Gasteiger partial charge < -0.3 is 10.4 Å². The van der Waals surface area contributed by atoms with Crippen LogP contribution in [0.25, 0.3) is 0 Å². The number of carboxylic acids is 1. The van der Waals surface area contributed by atoms with Crippen molar-refractivity contribution in [1.82, 2.24) is 10.2 Å². The van der Waals surface area contributed by atoms with E-state index in [0.717, 1.165) is 24.4 Å². The molecule has 1 amide bonds. The lowest BCUT2D eigenvalue weighted by molar-refractivity contribution is -0.142. The molecule has 15 heavy (non-hydrogen) atoms. The molecule has 0 aromatic rings. The number of carboxylic acid groups (broad SMARTS) is 1. The van der Waals surface area contributed by atoms with Crippen LogP contribution in [0.3, 0.4) is 0 Å². The highest BCUT2D eigenvalue weighted by Crippen LogP contribution is 2.31. The first-order chi connectivity index (χ1) is 7.11. The summed E-state index contributed by atoms with van der Waals surface area (Å²) in [6.07, 6.45) is 0.814. The van der Waals surface area contributed by atoms with E-state index in [1.807, 2.05) is 6.92 Å². The van der Waals surface area contributed by atoms with Crippen LogP contribution in [0.4, 0.5) is 0 Å². The first kappa shape index (κ1) is 10.0. The molecule has 5 heteroatoms. The zero-order chi connectivity index (χ0) is 11.0. The van der Waals surface area contributed by atoms with Crippen molar-refractivity contribution in [1.29, 1.82) is 0 Å². The largest absolute Gasteiger partial charge is 0.481 e. The van der Waals surface area contributed by atoms with Gasteiger partial charge in [0.05, 0.1) is 12.3 Å². The van der Waals surface area contributed by atoms with E-state index in [1.165, 1.54) is 0 Å². The number of fused-ring (bicyclic) bond motifs is 1. The molecular weight excluding hydrogens is 196 g/mol. The molecule has 82 valence electrons. The molecule has 1 saturated heterocycles. The number of carbonyl (C=O) groups excluding carboxylic acids is 1. The summed E-state index contributed by atoms with van der Waals surface area (Å²) in [5.41, 5.74) is 0.863. The molecular formula is C10H14N2O3. The van der Waals surface area contributed by atoms with E-state index in [-0.39, 0.29) is 12.3 Å². The molecule has 0 aromatic carbocycles. The summed E-state index contributed by atoms with van der Waals surface area (Å²) < 4.78 is 0.